The van der Waals surface area contributed by atoms with Crippen molar-refractivity contribution in [2.75, 3.05) is 32.8 Å². The van der Waals surface area contributed by atoms with E-state index in [1.807, 2.05) is 0 Å². The van der Waals surface area contributed by atoms with E-state index in [0.29, 0.717) is 5.56 Å². The Labute approximate surface area is 245 Å². The maximum absolute atomic E-state index is 12.9. The van der Waals surface area contributed by atoms with Crippen molar-refractivity contribution in [1.29, 1.82) is 0 Å². The Hall–Kier alpha value is -3.01. The highest BCUT2D eigenvalue weighted by atomic mass is 16.7. The number of benzene rings is 1. The monoisotopic (exact) mass is 621 g/mol. The number of aliphatic hydroxyl groups excluding tert-OH is 8. The lowest BCUT2D eigenvalue weighted by molar-refractivity contribution is -0.327. The van der Waals surface area contributed by atoms with Crippen molar-refractivity contribution in [3.05, 3.63) is 29.8 Å². The molecule has 1 fully saturated rings. The quantitative estimate of drug-likeness (QED) is 0.0769. The van der Waals surface area contributed by atoms with Gasteiger partial charge in [0.05, 0.1) is 31.9 Å². The van der Waals surface area contributed by atoms with E-state index in [1.165, 1.54) is 24.3 Å². The van der Waals surface area contributed by atoms with Crippen LogP contribution >= 0.6 is 0 Å². The van der Waals surface area contributed by atoms with E-state index < -0.39 is 112 Å². The summed E-state index contributed by atoms with van der Waals surface area (Å²) in [5.74, 6) is -2.89. The first-order valence-electron chi connectivity index (χ1n) is 13.2. The summed E-state index contributed by atoms with van der Waals surface area (Å²) in [6, 6.07) is 4.57. The molecule has 1 aromatic carbocycles. The number of carboxylic acids is 1. The predicted molar refractivity (Wildman–Crippen MR) is 141 cm³/mol. The zero-order valence-electron chi connectivity index (χ0n) is 22.8. The Morgan fingerprint density at radius 1 is 0.907 bits per heavy atom. The second-order valence-corrected chi connectivity index (χ2v) is 9.83. The van der Waals surface area contributed by atoms with Gasteiger partial charge < -0.3 is 76.5 Å². The molecule has 18 nitrogen and oxygen atoms in total. The van der Waals surface area contributed by atoms with Crippen LogP contribution in [-0.2, 0) is 30.3 Å². The van der Waals surface area contributed by atoms with Gasteiger partial charge >= 0.3 is 5.97 Å². The Morgan fingerprint density at radius 2 is 1.56 bits per heavy atom. The molecule has 1 saturated heterocycles. The van der Waals surface area contributed by atoms with Crippen LogP contribution < -0.4 is 16.0 Å². The third-order valence-electron chi connectivity index (χ3n) is 6.56. The van der Waals surface area contributed by atoms with Crippen molar-refractivity contribution in [1.82, 2.24) is 16.0 Å². The van der Waals surface area contributed by atoms with Crippen LogP contribution in [0.3, 0.4) is 0 Å². The number of aliphatic carboxylic acids is 1. The molecule has 1 heterocycles. The highest BCUT2D eigenvalue weighted by Gasteiger charge is 2.46. The van der Waals surface area contributed by atoms with E-state index in [2.05, 4.69) is 16.0 Å². The number of carbonyl (C=O) groups excluding carboxylic acids is 2. The van der Waals surface area contributed by atoms with E-state index in [1.54, 1.807) is 0 Å². The van der Waals surface area contributed by atoms with Gasteiger partial charge in [-0.25, -0.2) is 0 Å². The molecule has 10 atom stereocenters. The number of phenols is 1. The van der Waals surface area contributed by atoms with Crippen LogP contribution in [0.15, 0.2) is 24.3 Å². The van der Waals surface area contributed by atoms with Gasteiger partial charge in [0, 0.05) is 6.54 Å². The Morgan fingerprint density at radius 3 is 2.14 bits per heavy atom. The van der Waals surface area contributed by atoms with Crippen molar-refractivity contribution < 1.29 is 74.9 Å². The minimum Gasteiger partial charge on any atom is -0.508 e. The normalized spacial score (nSPS) is 25.6. The molecule has 0 aliphatic carbocycles. The van der Waals surface area contributed by atoms with Crippen LogP contribution in [0, 0.1) is 0 Å². The van der Waals surface area contributed by atoms with E-state index in [9.17, 15) is 60.3 Å². The zero-order valence-corrected chi connectivity index (χ0v) is 22.8. The minimum atomic E-state index is -2.01. The molecule has 244 valence electrons. The smallest absolute Gasteiger partial charge is 0.322 e. The fraction of sp³-hybridized carbons (Fsp3) is 0.640. The van der Waals surface area contributed by atoms with Gasteiger partial charge in [0.1, 0.15) is 55.0 Å². The van der Waals surface area contributed by atoms with Crippen molar-refractivity contribution in [2.45, 2.75) is 67.6 Å². The number of hydrogen-bond acceptors (Lipinski definition) is 15. The molecular weight excluding hydrogens is 582 g/mol. The van der Waals surface area contributed by atoms with E-state index in [-0.39, 0.29) is 12.2 Å². The summed E-state index contributed by atoms with van der Waals surface area (Å²) in [5, 5.41) is 106. The molecule has 43 heavy (non-hydrogen) atoms. The summed E-state index contributed by atoms with van der Waals surface area (Å²) in [7, 11) is 0. The summed E-state index contributed by atoms with van der Waals surface area (Å²) >= 11 is 0. The number of hydrogen-bond donors (Lipinski definition) is 13. The molecule has 0 unspecified atom stereocenters. The average Bonchev–Trinajstić information content (AvgIpc) is 2.99. The summed E-state index contributed by atoms with van der Waals surface area (Å²) < 4.78 is 10.6. The SMILES string of the molecule is O=C(O)CNC(=O)CNC(=O)[C@H](Cc1ccc(O)cc1)NC[C@H](O)[C@@H](O)[C@H](O[C@@H]1O[C@H](CO)[C@@H](O)[C@H](O)[C@H]1O)[C@H](O)CO. The third kappa shape index (κ3) is 10.9. The molecule has 1 aliphatic rings. The number of nitrogens with one attached hydrogen (secondary N) is 3. The standard InChI is InChI=1S/C25H39N3O15/c29-9-15(33)23(43-25-22(40)21(39)20(38)16(10-30)42-25)19(37)14(32)6-26-13(5-11-1-3-12(31)4-2-11)24(41)28-7-17(34)27-8-18(35)36/h1-4,13-16,19-23,25-26,29-33,37-40H,5-10H2,(H,27,34)(H,28,41)(H,35,36)/t13-,14-,15+,16+,19+,20+,21-,22+,23+,25-/m0/s1. The van der Waals surface area contributed by atoms with E-state index in [4.69, 9.17) is 14.6 Å². The molecule has 1 aliphatic heterocycles. The fourth-order valence-corrected chi connectivity index (χ4v) is 4.09. The molecule has 13 N–H and O–H groups in total. The summed E-state index contributed by atoms with van der Waals surface area (Å²) in [5.41, 5.74) is 0.537. The van der Waals surface area contributed by atoms with Crippen LogP contribution in [0.5, 0.6) is 5.75 Å². The number of carbonyl (C=O) groups is 3. The molecule has 0 aromatic heterocycles. The van der Waals surface area contributed by atoms with Crippen LogP contribution in [-0.4, -0.2) is 163 Å². The fourth-order valence-electron chi connectivity index (χ4n) is 4.09. The number of rotatable bonds is 17. The predicted octanol–water partition coefficient (Wildman–Crippen LogP) is -6.53. The summed E-state index contributed by atoms with van der Waals surface area (Å²) in [6.45, 7) is -3.58. The van der Waals surface area contributed by atoms with Gasteiger partial charge in [-0.05, 0) is 24.1 Å². The van der Waals surface area contributed by atoms with E-state index >= 15 is 0 Å². The van der Waals surface area contributed by atoms with Gasteiger partial charge in [-0.3, -0.25) is 14.4 Å². The maximum atomic E-state index is 12.9. The van der Waals surface area contributed by atoms with Gasteiger partial charge in [0.25, 0.3) is 0 Å². The van der Waals surface area contributed by atoms with Gasteiger partial charge in [-0.15, -0.1) is 0 Å². The number of carboxylic acid groups (broad SMARTS) is 1. The first kappa shape index (κ1) is 36.2. The molecule has 0 spiro atoms. The van der Waals surface area contributed by atoms with E-state index in [0.717, 1.165) is 0 Å². The topological polar surface area (TPSA) is 308 Å². The van der Waals surface area contributed by atoms with Gasteiger partial charge in [-0.1, -0.05) is 12.1 Å². The number of ether oxygens (including phenoxy) is 2. The maximum Gasteiger partial charge on any atom is 0.322 e. The second kappa shape index (κ2) is 17.3. The number of aromatic hydroxyl groups is 1. The Balaban J connectivity index is 2.12. The molecule has 0 radical (unpaired) electrons. The highest BCUT2D eigenvalue weighted by molar-refractivity contribution is 5.88. The summed E-state index contributed by atoms with van der Waals surface area (Å²) in [4.78, 5) is 35.3. The van der Waals surface area contributed by atoms with Crippen LogP contribution in [0.2, 0.25) is 0 Å². The Kier molecular flexibility index (Phi) is 14.6. The average molecular weight is 622 g/mol. The molecule has 2 amide bonds. The zero-order chi connectivity index (χ0) is 32.3. The van der Waals surface area contributed by atoms with Crippen molar-refractivity contribution in [3.63, 3.8) is 0 Å². The lowest BCUT2D eigenvalue weighted by atomic mass is 9.98. The Bertz CT molecular complexity index is 1030. The molecule has 0 saturated carbocycles. The molecular formula is C25H39N3O15. The lowest BCUT2D eigenvalue weighted by Crippen LogP contribution is -2.62. The third-order valence-corrected chi connectivity index (χ3v) is 6.56. The molecule has 2 rings (SSSR count). The second-order valence-electron chi connectivity index (χ2n) is 9.83. The number of amides is 2. The first-order chi connectivity index (χ1) is 20.3. The first-order valence-corrected chi connectivity index (χ1v) is 13.2. The van der Waals surface area contributed by atoms with Crippen LogP contribution in [0.1, 0.15) is 5.56 Å². The summed E-state index contributed by atoms with van der Waals surface area (Å²) in [6.07, 6.45) is -16.3. The molecule has 0 bridgehead atoms. The number of phenolic OH excluding ortho intramolecular Hbond substituents is 1. The highest BCUT2D eigenvalue weighted by Crippen LogP contribution is 2.25. The molecule has 18 heteroatoms. The number of aliphatic hydroxyl groups is 8. The van der Waals surface area contributed by atoms with Gasteiger partial charge in [0.15, 0.2) is 6.29 Å². The van der Waals surface area contributed by atoms with Crippen molar-refractivity contribution >= 4 is 17.8 Å². The lowest BCUT2D eigenvalue weighted by Gasteiger charge is -2.42. The largest absolute Gasteiger partial charge is 0.508 e. The van der Waals surface area contributed by atoms with Crippen molar-refractivity contribution in [3.8, 4) is 5.75 Å². The van der Waals surface area contributed by atoms with Gasteiger partial charge in [0.2, 0.25) is 11.8 Å². The van der Waals surface area contributed by atoms with Gasteiger partial charge in [-0.2, -0.15) is 0 Å². The van der Waals surface area contributed by atoms with Crippen LogP contribution in [0.25, 0.3) is 0 Å². The van der Waals surface area contributed by atoms with Crippen molar-refractivity contribution in [2.24, 2.45) is 0 Å². The van der Waals surface area contributed by atoms with Crippen LogP contribution in [0.4, 0.5) is 0 Å². The molecule has 1 aromatic rings. The minimum absolute atomic E-state index is 0.0424.